The van der Waals surface area contributed by atoms with Crippen LogP contribution in [0.25, 0.3) is 0 Å². The Labute approximate surface area is 136 Å². The second kappa shape index (κ2) is 8.99. The Morgan fingerprint density at radius 1 is 1.26 bits per heavy atom. The van der Waals surface area contributed by atoms with Crippen molar-refractivity contribution in [3.8, 4) is 0 Å². The standard InChI is InChI=1S/C16H25N3O4/c1-6-23-16(21)17-14-9-12(15(20)22-5)7-8-13(14)18-19(4)10-11(2)3/h7-9,11,18H,6,10H2,1-5H3,(H,17,21). The molecule has 0 aromatic heterocycles. The Morgan fingerprint density at radius 3 is 2.52 bits per heavy atom. The fourth-order valence-electron chi connectivity index (χ4n) is 2.07. The van der Waals surface area contributed by atoms with E-state index in [0.29, 0.717) is 22.9 Å². The molecule has 0 radical (unpaired) electrons. The molecule has 7 nitrogen and oxygen atoms in total. The number of rotatable bonds is 7. The summed E-state index contributed by atoms with van der Waals surface area (Å²) in [7, 11) is 3.21. The van der Waals surface area contributed by atoms with E-state index in [1.807, 2.05) is 12.1 Å². The van der Waals surface area contributed by atoms with Gasteiger partial charge in [-0.3, -0.25) is 5.32 Å². The van der Waals surface area contributed by atoms with Crippen LogP contribution in [-0.2, 0) is 9.47 Å². The van der Waals surface area contributed by atoms with E-state index in [4.69, 9.17) is 9.47 Å². The number of methoxy groups -OCH3 is 1. The second-order valence-electron chi connectivity index (χ2n) is 5.48. The first-order valence-corrected chi connectivity index (χ1v) is 7.51. The molecule has 1 rings (SSSR count). The van der Waals surface area contributed by atoms with Crippen LogP contribution in [0.5, 0.6) is 0 Å². The molecular weight excluding hydrogens is 298 g/mol. The van der Waals surface area contributed by atoms with Crippen LogP contribution in [0.3, 0.4) is 0 Å². The fourth-order valence-corrected chi connectivity index (χ4v) is 2.07. The topological polar surface area (TPSA) is 79.9 Å². The van der Waals surface area contributed by atoms with Gasteiger partial charge in [-0.2, -0.15) is 0 Å². The van der Waals surface area contributed by atoms with Gasteiger partial charge in [0.05, 0.1) is 30.7 Å². The van der Waals surface area contributed by atoms with Gasteiger partial charge in [0.25, 0.3) is 0 Å². The summed E-state index contributed by atoms with van der Waals surface area (Å²) in [5.41, 5.74) is 4.64. The number of anilines is 2. The Kier molecular flexibility index (Phi) is 7.34. The Balaban J connectivity index is 3.02. The van der Waals surface area contributed by atoms with Crippen molar-refractivity contribution >= 4 is 23.4 Å². The molecule has 2 N–H and O–H groups in total. The van der Waals surface area contributed by atoms with E-state index in [2.05, 4.69) is 24.6 Å². The maximum Gasteiger partial charge on any atom is 0.411 e. The van der Waals surface area contributed by atoms with Crippen LogP contribution in [-0.4, -0.2) is 44.4 Å². The average Bonchev–Trinajstić information content (AvgIpc) is 2.47. The van der Waals surface area contributed by atoms with Gasteiger partial charge >= 0.3 is 12.1 Å². The average molecular weight is 323 g/mol. The predicted octanol–water partition coefficient (Wildman–Crippen LogP) is 2.96. The van der Waals surface area contributed by atoms with Crippen LogP contribution < -0.4 is 10.7 Å². The number of nitrogens with one attached hydrogen (secondary N) is 2. The quantitative estimate of drug-likeness (QED) is 0.593. The van der Waals surface area contributed by atoms with Gasteiger partial charge in [0.2, 0.25) is 0 Å². The molecule has 0 saturated heterocycles. The summed E-state index contributed by atoms with van der Waals surface area (Å²) in [6.07, 6.45) is -0.580. The number of ether oxygens (including phenoxy) is 2. The number of benzene rings is 1. The second-order valence-corrected chi connectivity index (χ2v) is 5.48. The zero-order valence-corrected chi connectivity index (χ0v) is 14.3. The minimum atomic E-state index is -0.580. The lowest BCUT2D eigenvalue weighted by molar-refractivity contribution is 0.0600. The van der Waals surface area contributed by atoms with Crippen molar-refractivity contribution in [2.24, 2.45) is 5.92 Å². The third-order valence-electron chi connectivity index (χ3n) is 2.90. The highest BCUT2D eigenvalue weighted by molar-refractivity contribution is 5.95. The van der Waals surface area contributed by atoms with Crippen molar-refractivity contribution < 1.29 is 19.1 Å². The molecular formula is C16H25N3O4. The molecule has 0 aliphatic rings. The summed E-state index contributed by atoms with van der Waals surface area (Å²) in [6.45, 7) is 7.02. The first kappa shape index (κ1) is 18.8. The van der Waals surface area contributed by atoms with Crippen molar-refractivity contribution in [2.45, 2.75) is 20.8 Å². The minimum Gasteiger partial charge on any atom is -0.465 e. The van der Waals surface area contributed by atoms with Gasteiger partial charge in [-0.25, -0.2) is 14.6 Å². The number of esters is 1. The summed E-state index contributed by atoms with van der Waals surface area (Å²) in [6, 6.07) is 4.90. The van der Waals surface area contributed by atoms with Gasteiger partial charge in [0.15, 0.2) is 0 Å². The van der Waals surface area contributed by atoms with E-state index >= 15 is 0 Å². The summed E-state index contributed by atoms with van der Waals surface area (Å²) in [4.78, 5) is 23.3. The van der Waals surface area contributed by atoms with E-state index in [0.717, 1.165) is 6.54 Å². The van der Waals surface area contributed by atoms with Gasteiger partial charge < -0.3 is 14.9 Å². The Bertz CT molecular complexity index is 546. The number of hydrazine groups is 1. The number of nitrogens with zero attached hydrogens (tertiary/aromatic N) is 1. The Hall–Kier alpha value is -2.28. The summed E-state index contributed by atoms with van der Waals surface area (Å²) in [5, 5.41) is 4.54. The van der Waals surface area contributed by atoms with Crippen LogP contribution >= 0.6 is 0 Å². The molecule has 0 spiro atoms. The maximum absolute atomic E-state index is 11.7. The van der Waals surface area contributed by atoms with Gasteiger partial charge in [-0.05, 0) is 31.0 Å². The molecule has 0 bridgehead atoms. The zero-order chi connectivity index (χ0) is 17.4. The summed E-state index contributed by atoms with van der Waals surface area (Å²) >= 11 is 0. The lowest BCUT2D eigenvalue weighted by Crippen LogP contribution is -2.30. The van der Waals surface area contributed by atoms with E-state index in [1.54, 1.807) is 25.1 Å². The highest BCUT2D eigenvalue weighted by Gasteiger charge is 2.14. The highest BCUT2D eigenvalue weighted by atomic mass is 16.5. The predicted molar refractivity (Wildman–Crippen MR) is 89.5 cm³/mol. The van der Waals surface area contributed by atoms with Gasteiger partial charge in [-0.1, -0.05) is 13.8 Å². The van der Waals surface area contributed by atoms with Crippen molar-refractivity contribution in [3.05, 3.63) is 23.8 Å². The lowest BCUT2D eigenvalue weighted by atomic mass is 10.1. The number of hydrogen-bond donors (Lipinski definition) is 2. The van der Waals surface area contributed by atoms with Crippen molar-refractivity contribution in [3.63, 3.8) is 0 Å². The molecule has 1 aromatic carbocycles. The lowest BCUT2D eigenvalue weighted by Gasteiger charge is -2.23. The molecule has 128 valence electrons. The third-order valence-corrected chi connectivity index (χ3v) is 2.90. The van der Waals surface area contributed by atoms with Crippen LogP contribution in [0.1, 0.15) is 31.1 Å². The SMILES string of the molecule is CCOC(=O)Nc1cc(C(=O)OC)ccc1NN(C)CC(C)C. The number of hydrogen-bond acceptors (Lipinski definition) is 6. The Morgan fingerprint density at radius 2 is 1.96 bits per heavy atom. The zero-order valence-electron chi connectivity index (χ0n) is 14.3. The first-order chi connectivity index (χ1) is 10.9. The monoisotopic (exact) mass is 323 g/mol. The maximum atomic E-state index is 11.7. The molecule has 23 heavy (non-hydrogen) atoms. The number of carbonyl (C=O) groups excluding carboxylic acids is 2. The van der Waals surface area contributed by atoms with Gasteiger partial charge in [0.1, 0.15) is 0 Å². The van der Waals surface area contributed by atoms with E-state index < -0.39 is 12.1 Å². The smallest absolute Gasteiger partial charge is 0.411 e. The minimum absolute atomic E-state index is 0.262. The summed E-state index contributed by atoms with van der Waals surface area (Å²) < 4.78 is 9.59. The molecule has 0 atom stereocenters. The fraction of sp³-hybridized carbons (Fsp3) is 0.500. The van der Waals surface area contributed by atoms with Crippen LogP contribution in [0.2, 0.25) is 0 Å². The van der Waals surface area contributed by atoms with E-state index in [9.17, 15) is 9.59 Å². The van der Waals surface area contributed by atoms with Gasteiger partial charge in [-0.15, -0.1) is 0 Å². The normalized spacial score (nSPS) is 10.6. The molecule has 0 unspecified atom stereocenters. The van der Waals surface area contributed by atoms with E-state index in [-0.39, 0.29) is 6.61 Å². The van der Waals surface area contributed by atoms with Crippen molar-refractivity contribution in [1.82, 2.24) is 5.01 Å². The van der Waals surface area contributed by atoms with Crippen LogP contribution in [0, 0.1) is 5.92 Å². The molecule has 0 heterocycles. The molecule has 0 saturated carbocycles. The number of carbonyl (C=O) groups is 2. The third kappa shape index (κ3) is 6.15. The highest BCUT2D eigenvalue weighted by Crippen LogP contribution is 2.24. The van der Waals surface area contributed by atoms with E-state index in [1.165, 1.54) is 7.11 Å². The molecule has 1 aromatic rings. The van der Waals surface area contributed by atoms with Gasteiger partial charge in [0, 0.05) is 13.6 Å². The molecule has 1 amide bonds. The molecule has 0 fully saturated rings. The largest absolute Gasteiger partial charge is 0.465 e. The van der Waals surface area contributed by atoms with Crippen LogP contribution in [0.4, 0.5) is 16.2 Å². The first-order valence-electron chi connectivity index (χ1n) is 7.51. The van der Waals surface area contributed by atoms with Crippen LogP contribution in [0.15, 0.2) is 18.2 Å². The molecule has 0 aliphatic heterocycles. The van der Waals surface area contributed by atoms with Crippen molar-refractivity contribution in [1.29, 1.82) is 0 Å². The number of amides is 1. The molecule has 0 aliphatic carbocycles. The summed E-state index contributed by atoms with van der Waals surface area (Å²) in [5.74, 6) is 0.00213. The molecule has 7 heteroatoms. The van der Waals surface area contributed by atoms with Crippen molar-refractivity contribution in [2.75, 3.05) is 38.1 Å².